The predicted molar refractivity (Wildman–Crippen MR) is 116 cm³/mol. The van der Waals surface area contributed by atoms with Crippen molar-refractivity contribution in [3.8, 4) is 0 Å². The van der Waals surface area contributed by atoms with Gasteiger partial charge in [0, 0.05) is 20.2 Å². The molecule has 1 aliphatic heterocycles. The quantitative estimate of drug-likeness (QED) is 0.628. The number of rotatable bonds is 7. The van der Waals surface area contributed by atoms with Gasteiger partial charge in [0.2, 0.25) is 0 Å². The fourth-order valence-corrected chi connectivity index (χ4v) is 3.07. The maximum absolute atomic E-state index is 14.0. The summed E-state index contributed by atoms with van der Waals surface area (Å²) in [5.74, 6) is -0.342. The largest absolute Gasteiger partial charge is 0.495 e. The summed E-state index contributed by atoms with van der Waals surface area (Å²) in [7, 11) is 0.982. The van der Waals surface area contributed by atoms with E-state index in [0.29, 0.717) is 26.1 Å². The number of amides is 1. The van der Waals surface area contributed by atoms with Crippen LogP contribution in [0.15, 0.2) is 18.2 Å². The van der Waals surface area contributed by atoms with Gasteiger partial charge < -0.3 is 23.7 Å². The van der Waals surface area contributed by atoms with Gasteiger partial charge in [-0.25, -0.2) is 9.18 Å². The lowest BCUT2D eigenvalue weighted by Gasteiger charge is -2.32. The zero-order valence-electron chi connectivity index (χ0n) is 19.5. The van der Waals surface area contributed by atoms with Crippen molar-refractivity contribution in [2.24, 2.45) is 0 Å². The van der Waals surface area contributed by atoms with E-state index in [4.69, 9.17) is 18.8 Å². The molecule has 1 aliphatic rings. The first-order valence-electron chi connectivity index (χ1n) is 10.4. The average molecular weight is 423 g/mol. The third kappa shape index (κ3) is 6.19. The summed E-state index contributed by atoms with van der Waals surface area (Å²) in [6.45, 7) is 14.5. The van der Waals surface area contributed by atoms with Gasteiger partial charge >= 0.3 is 13.2 Å². The second-order valence-corrected chi connectivity index (χ2v) is 9.64. The van der Waals surface area contributed by atoms with Crippen LogP contribution in [0.3, 0.4) is 0 Å². The molecule has 2 rings (SSSR count). The zero-order chi connectivity index (χ0) is 22.7. The van der Waals surface area contributed by atoms with Crippen LogP contribution in [0.5, 0.6) is 0 Å². The van der Waals surface area contributed by atoms with Crippen LogP contribution >= 0.6 is 0 Å². The lowest BCUT2D eigenvalue weighted by Crippen LogP contribution is -2.41. The minimum absolute atomic E-state index is 0.342. The smallest absolute Gasteiger partial charge is 0.444 e. The molecule has 0 aromatic heterocycles. The van der Waals surface area contributed by atoms with Gasteiger partial charge in [-0.15, -0.1) is 0 Å². The summed E-state index contributed by atoms with van der Waals surface area (Å²) in [5.41, 5.74) is -0.0885. The van der Waals surface area contributed by atoms with Gasteiger partial charge in [0.05, 0.1) is 17.8 Å². The number of methoxy groups -OCH3 is 1. The summed E-state index contributed by atoms with van der Waals surface area (Å²) in [5, 5.41) is 0. The van der Waals surface area contributed by atoms with Gasteiger partial charge in [0.1, 0.15) is 11.4 Å². The van der Waals surface area contributed by atoms with E-state index in [1.54, 1.807) is 18.1 Å². The molecule has 0 atom stereocenters. The van der Waals surface area contributed by atoms with Gasteiger partial charge in [-0.1, -0.05) is 6.07 Å². The Morgan fingerprint density at radius 3 is 2.27 bits per heavy atom. The third-order valence-corrected chi connectivity index (χ3v) is 5.48. The molecule has 168 valence electrons. The average Bonchev–Trinajstić information content (AvgIpc) is 2.80. The molecule has 1 aromatic carbocycles. The summed E-state index contributed by atoms with van der Waals surface area (Å²) in [6, 6.07) is 4.57. The molecule has 1 heterocycles. The minimum atomic E-state index is -0.602. The molecular weight excluding hydrogens is 388 g/mol. The Labute approximate surface area is 180 Å². The van der Waals surface area contributed by atoms with Crippen molar-refractivity contribution >= 4 is 18.7 Å². The van der Waals surface area contributed by atoms with Crippen molar-refractivity contribution in [1.82, 2.24) is 4.90 Å². The van der Waals surface area contributed by atoms with Crippen LogP contribution in [-0.4, -0.2) is 61.7 Å². The number of hydrogen-bond acceptors (Lipinski definition) is 5. The molecule has 0 spiro atoms. The molecule has 1 amide bonds. The molecule has 0 aliphatic carbocycles. The highest BCUT2D eigenvalue weighted by Crippen LogP contribution is 2.36. The van der Waals surface area contributed by atoms with Crippen molar-refractivity contribution in [3.63, 3.8) is 0 Å². The fraction of sp³-hybridized carbons (Fsp3) is 0.682. The molecule has 1 aromatic rings. The van der Waals surface area contributed by atoms with Crippen LogP contribution in [0.1, 0.15) is 54.0 Å². The lowest BCUT2D eigenvalue weighted by molar-refractivity contribution is 0.00578. The van der Waals surface area contributed by atoms with E-state index in [0.717, 1.165) is 11.0 Å². The standard InChI is InChI=1S/C22H35BFNO5/c1-20(2,3)28-19(26)25(13-14-27-8)12-11-16-15-17(24)9-10-18(16)23-29-21(4,5)22(6,7)30-23/h9-10,15H,11-14H2,1-8H3. The number of halogens is 1. The first-order chi connectivity index (χ1) is 13.8. The molecule has 0 bridgehead atoms. The molecule has 0 radical (unpaired) electrons. The minimum Gasteiger partial charge on any atom is -0.444 e. The topological polar surface area (TPSA) is 57.2 Å². The van der Waals surface area contributed by atoms with E-state index in [9.17, 15) is 9.18 Å². The molecule has 0 N–H and O–H groups in total. The Kier molecular flexibility index (Phi) is 7.59. The Morgan fingerprint density at radius 1 is 1.13 bits per heavy atom. The van der Waals surface area contributed by atoms with Crippen LogP contribution in [-0.2, 0) is 25.2 Å². The first-order valence-corrected chi connectivity index (χ1v) is 10.4. The molecule has 0 saturated carbocycles. The van der Waals surface area contributed by atoms with Gasteiger partial charge in [-0.05, 0) is 78.0 Å². The van der Waals surface area contributed by atoms with E-state index in [2.05, 4.69) is 0 Å². The van der Waals surface area contributed by atoms with Gasteiger partial charge in [0.15, 0.2) is 0 Å². The van der Waals surface area contributed by atoms with Crippen molar-refractivity contribution in [1.29, 1.82) is 0 Å². The van der Waals surface area contributed by atoms with Crippen molar-refractivity contribution in [3.05, 3.63) is 29.6 Å². The number of carbonyl (C=O) groups excluding carboxylic acids is 1. The van der Waals surface area contributed by atoms with E-state index in [1.165, 1.54) is 12.1 Å². The Balaban J connectivity index is 2.20. The number of carbonyl (C=O) groups is 1. The van der Waals surface area contributed by atoms with Crippen molar-refractivity contribution in [2.45, 2.75) is 71.7 Å². The molecule has 0 unspecified atom stereocenters. The van der Waals surface area contributed by atoms with Gasteiger partial charge in [-0.2, -0.15) is 0 Å². The Morgan fingerprint density at radius 2 is 1.73 bits per heavy atom. The van der Waals surface area contributed by atoms with E-state index in [1.807, 2.05) is 48.5 Å². The van der Waals surface area contributed by atoms with Crippen LogP contribution < -0.4 is 5.46 Å². The van der Waals surface area contributed by atoms with Crippen LogP contribution in [0.2, 0.25) is 0 Å². The van der Waals surface area contributed by atoms with E-state index >= 15 is 0 Å². The highest BCUT2D eigenvalue weighted by Gasteiger charge is 2.52. The van der Waals surface area contributed by atoms with Crippen LogP contribution in [0.25, 0.3) is 0 Å². The van der Waals surface area contributed by atoms with Crippen molar-refractivity contribution in [2.75, 3.05) is 26.8 Å². The summed E-state index contributed by atoms with van der Waals surface area (Å²) in [4.78, 5) is 14.2. The maximum atomic E-state index is 14.0. The lowest BCUT2D eigenvalue weighted by atomic mass is 9.75. The van der Waals surface area contributed by atoms with E-state index < -0.39 is 30.0 Å². The third-order valence-electron chi connectivity index (χ3n) is 5.48. The zero-order valence-corrected chi connectivity index (χ0v) is 19.5. The normalized spacial score (nSPS) is 17.8. The number of hydrogen-bond donors (Lipinski definition) is 0. The van der Waals surface area contributed by atoms with Crippen molar-refractivity contribution < 1.29 is 28.0 Å². The fourth-order valence-electron chi connectivity index (χ4n) is 3.07. The molecule has 1 saturated heterocycles. The summed E-state index contributed by atoms with van der Waals surface area (Å²) in [6.07, 6.45) is 0.00766. The number of benzene rings is 1. The molecular formula is C22H35BFNO5. The summed E-state index contributed by atoms with van der Waals surface area (Å²) >= 11 is 0. The van der Waals surface area contributed by atoms with Gasteiger partial charge in [0.25, 0.3) is 0 Å². The van der Waals surface area contributed by atoms with E-state index in [-0.39, 0.29) is 5.82 Å². The Bertz CT molecular complexity index is 732. The highest BCUT2D eigenvalue weighted by atomic mass is 19.1. The first kappa shape index (κ1) is 24.6. The van der Waals surface area contributed by atoms with Gasteiger partial charge in [-0.3, -0.25) is 0 Å². The Hall–Kier alpha value is -1.64. The predicted octanol–water partition coefficient (Wildman–Crippen LogP) is 3.55. The molecule has 1 fully saturated rings. The van der Waals surface area contributed by atoms with Crippen LogP contribution in [0.4, 0.5) is 9.18 Å². The number of ether oxygens (including phenoxy) is 2. The molecule has 8 heteroatoms. The molecule has 6 nitrogen and oxygen atoms in total. The monoisotopic (exact) mass is 423 g/mol. The second kappa shape index (κ2) is 9.24. The van der Waals surface area contributed by atoms with Crippen LogP contribution in [0, 0.1) is 5.82 Å². The summed E-state index contributed by atoms with van der Waals surface area (Å²) < 4.78 is 37.0. The highest BCUT2D eigenvalue weighted by molar-refractivity contribution is 6.62. The second-order valence-electron chi connectivity index (χ2n) is 9.64. The maximum Gasteiger partial charge on any atom is 0.495 e. The molecule has 30 heavy (non-hydrogen) atoms. The number of nitrogens with zero attached hydrogens (tertiary/aromatic N) is 1. The SMILES string of the molecule is COCCN(CCc1cc(F)ccc1B1OC(C)(C)C(C)(C)O1)C(=O)OC(C)(C)C.